The third kappa shape index (κ3) is 1.36. The number of carbonyl (C=O) groups excluding carboxylic acids is 1. The van der Waals surface area contributed by atoms with Gasteiger partial charge in [-0.2, -0.15) is 5.26 Å². The van der Waals surface area contributed by atoms with Gasteiger partial charge in [-0.05, 0) is 22.0 Å². The van der Waals surface area contributed by atoms with Gasteiger partial charge in [-0.15, -0.1) is 0 Å². The van der Waals surface area contributed by atoms with Gasteiger partial charge in [0.05, 0.1) is 9.99 Å². The van der Waals surface area contributed by atoms with Gasteiger partial charge in [-0.25, -0.2) is 0 Å². The zero-order valence-corrected chi connectivity index (χ0v) is 9.58. The number of halogens is 1. The number of nitriles is 1. The molecule has 2 aromatic rings. The lowest BCUT2D eigenvalue weighted by Crippen LogP contribution is -2.07. The number of nitrogens with zero attached hydrogens (tertiary/aromatic N) is 2. The highest BCUT2D eigenvalue weighted by Gasteiger charge is 2.16. The topological polar surface area (TPSA) is 45.8 Å². The fourth-order valence-corrected chi connectivity index (χ4v) is 2.23. The summed E-state index contributed by atoms with van der Waals surface area (Å²) in [6, 6.07) is 9.44. The standard InChI is InChI=1S/C11H7BrN2O/c1-7(15)14-9-5-3-2-4-8(9)11(12)10(14)6-13/h2-5H,1H3. The normalized spacial score (nSPS) is 10.2. The predicted octanol–water partition coefficient (Wildman–Crippen LogP) is 2.94. The van der Waals surface area contributed by atoms with Gasteiger partial charge in [0.2, 0.25) is 5.91 Å². The van der Waals surface area contributed by atoms with E-state index in [9.17, 15) is 4.79 Å². The summed E-state index contributed by atoms with van der Waals surface area (Å²) in [6.45, 7) is 1.44. The fourth-order valence-electron chi connectivity index (χ4n) is 1.63. The number of benzene rings is 1. The van der Waals surface area contributed by atoms with Crippen molar-refractivity contribution in [2.75, 3.05) is 0 Å². The molecule has 0 N–H and O–H groups in total. The summed E-state index contributed by atoms with van der Waals surface area (Å²) in [5.41, 5.74) is 1.11. The number of hydrogen-bond acceptors (Lipinski definition) is 2. The maximum Gasteiger partial charge on any atom is 0.229 e. The van der Waals surface area contributed by atoms with Crippen LogP contribution in [-0.4, -0.2) is 10.5 Å². The summed E-state index contributed by atoms with van der Waals surface area (Å²) in [5.74, 6) is -0.159. The summed E-state index contributed by atoms with van der Waals surface area (Å²) in [7, 11) is 0. The van der Waals surface area contributed by atoms with Crippen molar-refractivity contribution in [2.24, 2.45) is 0 Å². The Labute approximate surface area is 95.0 Å². The van der Waals surface area contributed by atoms with E-state index in [0.717, 1.165) is 10.9 Å². The van der Waals surface area contributed by atoms with Crippen LogP contribution in [0, 0.1) is 11.3 Å². The second-order valence-electron chi connectivity index (χ2n) is 3.15. The molecule has 0 atom stereocenters. The van der Waals surface area contributed by atoms with Gasteiger partial charge in [0, 0.05) is 12.3 Å². The van der Waals surface area contributed by atoms with Gasteiger partial charge in [-0.3, -0.25) is 9.36 Å². The van der Waals surface area contributed by atoms with Crippen molar-refractivity contribution in [2.45, 2.75) is 6.92 Å². The number of aromatic nitrogens is 1. The highest BCUT2D eigenvalue weighted by atomic mass is 79.9. The average Bonchev–Trinajstić information content (AvgIpc) is 2.52. The van der Waals surface area contributed by atoms with E-state index in [1.54, 1.807) is 0 Å². The first kappa shape index (κ1) is 9.94. The number of hydrogen-bond donors (Lipinski definition) is 0. The first-order valence-electron chi connectivity index (χ1n) is 4.36. The SMILES string of the molecule is CC(=O)n1c(C#N)c(Br)c2ccccc21. The molecule has 0 spiro atoms. The molecule has 1 aromatic heterocycles. The van der Waals surface area contributed by atoms with Crippen molar-refractivity contribution in [3.8, 4) is 6.07 Å². The number of carbonyl (C=O) groups is 1. The van der Waals surface area contributed by atoms with Gasteiger partial charge >= 0.3 is 0 Å². The fraction of sp³-hybridized carbons (Fsp3) is 0.0909. The van der Waals surface area contributed by atoms with Crippen LogP contribution in [0.5, 0.6) is 0 Å². The van der Waals surface area contributed by atoms with Gasteiger partial charge < -0.3 is 0 Å². The second kappa shape index (κ2) is 3.52. The van der Waals surface area contributed by atoms with Crippen molar-refractivity contribution in [3.05, 3.63) is 34.4 Å². The first-order chi connectivity index (χ1) is 7.16. The minimum Gasteiger partial charge on any atom is -0.274 e. The minimum absolute atomic E-state index is 0.159. The molecular weight excluding hydrogens is 256 g/mol. The maximum atomic E-state index is 11.4. The number of fused-ring (bicyclic) bond motifs is 1. The van der Waals surface area contributed by atoms with E-state index in [1.807, 2.05) is 30.3 Å². The summed E-state index contributed by atoms with van der Waals surface area (Å²) in [4.78, 5) is 11.4. The Bertz CT molecular complexity index is 592. The Hall–Kier alpha value is -1.60. The van der Waals surface area contributed by atoms with Crippen molar-refractivity contribution >= 4 is 32.7 Å². The molecule has 4 heteroatoms. The molecule has 0 aliphatic carbocycles. The van der Waals surface area contributed by atoms with E-state index in [0.29, 0.717) is 10.2 Å². The Morgan fingerprint density at radius 1 is 1.47 bits per heavy atom. The molecule has 15 heavy (non-hydrogen) atoms. The molecule has 0 bridgehead atoms. The molecular formula is C11H7BrN2O. The minimum atomic E-state index is -0.159. The molecule has 0 aliphatic rings. The maximum absolute atomic E-state index is 11.4. The third-order valence-electron chi connectivity index (χ3n) is 2.23. The molecule has 0 saturated carbocycles. The van der Waals surface area contributed by atoms with E-state index in [2.05, 4.69) is 15.9 Å². The molecule has 74 valence electrons. The second-order valence-corrected chi connectivity index (χ2v) is 3.94. The Morgan fingerprint density at radius 3 is 2.73 bits per heavy atom. The van der Waals surface area contributed by atoms with Crippen molar-refractivity contribution in [1.82, 2.24) is 4.57 Å². The van der Waals surface area contributed by atoms with E-state index < -0.39 is 0 Å². The summed E-state index contributed by atoms with van der Waals surface area (Å²) in [6.07, 6.45) is 0. The van der Waals surface area contributed by atoms with Gasteiger partial charge in [0.1, 0.15) is 11.8 Å². The van der Waals surface area contributed by atoms with Crippen LogP contribution in [0.15, 0.2) is 28.7 Å². The van der Waals surface area contributed by atoms with Crippen LogP contribution in [0.4, 0.5) is 0 Å². The average molecular weight is 263 g/mol. The van der Waals surface area contributed by atoms with Crippen molar-refractivity contribution in [3.63, 3.8) is 0 Å². The van der Waals surface area contributed by atoms with Crippen LogP contribution in [0.1, 0.15) is 17.4 Å². The van der Waals surface area contributed by atoms with Crippen LogP contribution in [-0.2, 0) is 0 Å². The molecule has 0 saturated heterocycles. The number of rotatable bonds is 0. The van der Waals surface area contributed by atoms with E-state index in [4.69, 9.17) is 5.26 Å². The third-order valence-corrected chi connectivity index (χ3v) is 3.04. The van der Waals surface area contributed by atoms with Crippen LogP contribution in [0.2, 0.25) is 0 Å². The lowest BCUT2D eigenvalue weighted by atomic mass is 10.2. The van der Waals surface area contributed by atoms with E-state index in [1.165, 1.54) is 11.5 Å². The largest absolute Gasteiger partial charge is 0.274 e. The molecule has 1 aromatic carbocycles. The first-order valence-corrected chi connectivity index (χ1v) is 5.16. The quantitative estimate of drug-likeness (QED) is 0.733. The molecule has 1 heterocycles. The van der Waals surface area contributed by atoms with Crippen LogP contribution < -0.4 is 0 Å². The zero-order valence-electron chi connectivity index (χ0n) is 7.99. The van der Waals surface area contributed by atoms with Crippen molar-refractivity contribution in [1.29, 1.82) is 5.26 Å². The van der Waals surface area contributed by atoms with E-state index in [-0.39, 0.29) is 5.91 Å². The monoisotopic (exact) mass is 262 g/mol. The molecule has 2 rings (SSSR count). The van der Waals surface area contributed by atoms with Gasteiger partial charge in [-0.1, -0.05) is 18.2 Å². The van der Waals surface area contributed by atoms with Crippen LogP contribution >= 0.6 is 15.9 Å². The molecule has 0 radical (unpaired) electrons. The van der Waals surface area contributed by atoms with Gasteiger partial charge in [0.25, 0.3) is 0 Å². The molecule has 0 unspecified atom stereocenters. The molecule has 0 amide bonds. The molecule has 0 aliphatic heterocycles. The Kier molecular flexibility index (Phi) is 2.33. The summed E-state index contributed by atoms with van der Waals surface area (Å²) in [5, 5.41) is 9.88. The lowest BCUT2D eigenvalue weighted by Gasteiger charge is -1.99. The van der Waals surface area contributed by atoms with Crippen LogP contribution in [0.25, 0.3) is 10.9 Å². The Balaban J connectivity index is 2.99. The van der Waals surface area contributed by atoms with Gasteiger partial charge in [0.15, 0.2) is 0 Å². The zero-order chi connectivity index (χ0) is 11.0. The lowest BCUT2D eigenvalue weighted by molar-refractivity contribution is 0.0941. The molecule has 0 fully saturated rings. The smallest absolute Gasteiger partial charge is 0.229 e. The summed E-state index contributed by atoms with van der Waals surface area (Å²) < 4.78 is 2.09. The highest BCUT2D eigenvalue weighted by molar-refractivity contribution is 9.10. The van der Waals surface area contributed by atoms with Crippen molar-refractivity contribution < 1.29 is 4.79 Å². The summed E-state index contributed by atoms with van der Waals surface area (Å²) >= 11 is 3.34. The van der Waals surface area contributed by atoms with E-state index >= 15 is 0 Å². The number of para-hydroxylation sites is 1. The Morgan fingerprint density at radius 2 is 2.13 bits per heavy atom. The van der Waals surface area contributed by atoms with Crippen LogP contribution in [0.3, 0.4) is 0 Å². The predicted molar refractivity (Wildman–Crippen MR) is 60.7 cm³/mol. The molecule has 3 nitrogen and oxygen atoms in total. The highest BCUT2D eigenvalue weighted by Crippen LogP contribution is 2.30.